The van der Waals surface area contributed by atoms with Crippen molar-refractivity contribution in [1.82, 2.24) is 10.1 Å². The fourth-order valence-corrected chi connectivity index (χ4v) is 1.99. The van der Waals surface area contributed by atoms with Crippen LogP contribution < -0.4 is 0 Å². The topological polar surface area (TPSA) is 71.9 Å². The Balaban J connectivity index is 1.90. The standard InChI is InChI=1S/C13H11N3O2/c14-8-9-3-1-4-10(7-9)13-15-12(16-18-13)11-5-2-6-17-11/h1,3-4,7,11H,2,5-6H2. The highest BCUT2D eigenvalue weighted by atomic mass is 16.5. The van der Waals surface area contributed by atoms with E-state index in [2.05, 4.69) is 16.2 Å². The molecule has 5 heteroatoms. The summed E-state index contributed by atoms with van der Waals surface area (Å²) in [5, 5.41) is 12.8. The van der Waals surface area contributed by atoms with Crippen molar-refractivity contribution in [2.24, 2.45) is 0 Å². The molecule has 0 bridgehead atoms. The van der Waals surface area contributed by atoms with Crippen molar-refractivity contribution < 1.29 is 9.26 Å². The number of hydrogen-bond acceptors (Lipinski definition) is 5. The number of aromatic nitrogens is 2. The highest BCUT2D eigenvalue weighted by molar-refractivity contribution is 5.55. The maximum absolute atomic E-state index is 8.85. The maximum Gasteiger partial charge on any atom is 0.258 e. The zero-order valence-electron chi connectivity index (χ0n) is 9.67. The van der Waals surface area contributed by atoms with E-state index >= 15 is 0 Å². The van der Waals surface area contributed by atoms with Crippen molar-refractivity contribution in [3.05, 3.63) is 35.7 Å². The normalized spacial score (nSPS) is 18.7. The van der Waals surface area contributed by atoms with Crippen molar-refractivity contribution in [3.8, 4) is 17.5 Å². The summed E-state index contributed by atoms with van der Waals surface area (Å²) in [5.41, 5.74) is 1.33. The number of ether oxygens (including phenoxy) is 1. The predicted molar refractivity (Wildman–Crippen MR) is 62.4 cm³/mol. The summed E-state index contributed by atoms with van der Waals surface area (Å²) >= 11 is 0. The van der Waals surface area contributed by atoms with Crippen LogP contribution in [0.15, 0.2) is 28.8 Å². The van der Waals surface area contributed by atoms with Crippen LogP contribution in [0.5, 0.6) is 0 Å². The second-order valence-electron chi connectivity index (χ2n) is 4.15. The van der Waals surface area contributed by atoms with E-state index in [0.29, 0.717) is 17.3 Å². The van der Waals surface area contributed by atoms with E-state index in [1.807, 2.05) is 6.07 Å². The molecule has 90 valence electrons. The van der Waals surface area contributed by atoms with E-state index in [4.69, 9.17) is 14.5 Å². The van der Waals surface area contributed by atoms with Crippen LogP contribution in [0.25, 0.3) is 11.5 Å². The summed E-state index contributed by atoms with van der Waals surface area (Å²) in [5.74, 6) is 1.02. The Hall–Kier alpha value is -2.19. The minimum Gasteiger partial charge on any atom is -0.370 e. The quantitative estimate of drug-likeness (QED) is 0.807. The number of nitrogens with zero attached hydrogens (tertiary/aromatic N) is 3. The molecular formula is C13H11N3O2. The van der Waals surface area contributed by atoms with Gasteiger partial charge in [-0.15, -0.1) is 0 Å². The average Bonchev–Trinajstić information content (AvgIpc) is 3.09. The van der Waals surface area contributed by atoms with E-state index in [1.165, 1.54) is 0 Å². The van der Waals surface area contributed by atoms with E-state index in [9.17, 15) is 0 Å². The summed E-state index contributed by atoms with van der Waals surface area (Å²) in [6, 6.07) is 9.19. The molecule has 1 aromatic heterocycles. The van der Waals surface area contributed by atoms with Gasteiger partial charge in [-0.1, -0.05) is 11.2 Å². The Bertz CT molecular complexity index is 594. The molecule has 0 saturated carbocycles. The van der Waals surface area contributed by atoms with Gasteiger partial charge in [0.1, 0.15) is 6.10 Å². The Morgan fingerprint density at radius 2 is 2.33 bits per heavy atom. The molecule has 1 fully saturated rings. The van der Waals surface area contributed by atoms with Crippen LogP contribution >= 0.6 is 0 Å². The molecule has 0 N–H and O–H groups in total. The summed E-state index contributed by atoms with van der Waals surface area (Å²) in [7, 11) is 0. The molecule has 2 aromatic rings. The Kier molecular flexibility index (Phi) is 2.79. The van der Waals surface area contributed by atoms with Crippen LogP contribution in [0.4, 0.5) is 0 Å². The SMILES string of the molecule is N#Cc1cccc(-c2nc(C3CCCO3)no2)c1. The highest BCUT2D eigenvalue weighted by Crippen LogP contribution is 2.28. The van der Waals surface area contributed by atoms with Crippen LogP contribution in [-0.2, 0) is 4.74 Å². The molecule has 2 heterocycles. The lowest BCUT2D eigenvalue weighted by atomic mass is 10.1. The average molecular weight is 241 g/mol. The lowest BCUT2D eigenvalue weighted by molar-refractivity contribution is 0.103. The molecule has 1 unspecified atom stereocenters. The van der Waals surface area contributed by atoms with Crippen molar-refractivity contribution in [2.75, 3.05) is 6.61 Å². The summed E-state index contributed by atoms with van der Waals surface area (Å²) in [4.78, 5) is 4.33. The summed E-state index contributed by atoms with van der Waals surface area (Å²) < 4.78 is 10.7. The van der Waals surface area contributed by atoms with Crippen LogP contribution in [0, 0.1) is 11.3 Å². The zero-order chi connectivity index (χ0) is 12.4. The van der Waals surface area contributed by atoms with Gasteiger partial charge < -0.3 is 9.26 Å². The van der Waals surface area contributed by atoms with Crippen molar-refractivity contribution in [2.45, 2.75) is 18.9 Å². The summed E-state index contributed by atoms with van der Waals surface area (Å²) in [6.07, 6.45) is 1.90. The van der Waals surface area contributed by atoms with Crippen LogP contribution in [-0.4, -0.2) is 16.7 Å². The van der Waals surface area contributed by atoms with Crippen LogP contribution in [0.1, 0.15) is 30.3 Å². The molecule has 1 aromatic carbocycles. The van der Waals surface area contributed by atoms with Crippen molar-refractivity contribution in [3.63, 3.8) is 0 Å². The van der Waals surface area contributed by atoms with E-state index in [-0.39, 0.29) is 6.10 Å². The molecule has 1 atom stereocenters. The van der Waals surface area contributed by atoms with Crippen LogP contribution in [0.3, 0.4) is 0 Å². The third kappa shape index (κ3) is 1.98. The highest BCUT2D eigenvalue weighted by Gasteiger charge is 2.23. The van der Waals surface area contributed by atoms with Gasteiger partial charge >= 0.3 is 0 Å². The first-order valence-electron chi connectivity index (χ1n) is 5.82. The first-order valence-corrected chi connectivity index (χ1v) is 5.82. The molecule has 0 amide bonds. The van der Waals surface area contributed by atoms with Crippen molar-refractivity contribution >= 4 is 0 Å². The van der Waals surface area contributed by atoms with Gasteiger partial charge in [0.25, 0.3) is 5.89 Å². The van der Waals surface area contributed by atoms with Gasteiger partial charge in [0.05, 0.1) is 11.6 Å². The number of nitriles is 1. The molecule has 1 aliphatic heterocycles. The molecule has 18 heavy (non-hydrogen) atoms. The summed E-state index contributed by atoms with van der Waals surface area (Å²) in [6.45, 7) is 0.748. The Morgan fingerprint density at radius 1 is 1.39 bits per heavy atom. The maximum atomic E-state index is 8.85. The van der Waals surface area contributed by atoms with Gasteiger partial charge in [-0.05, 0) is 31.0 Å². The molecule has 3 rings (SSSR count). The number of hydrogen-bond donors (Lipinski definition) is 0. The van der Waals surface area contributed by atoms with Gasteiger partial charge in [0.2, 0.25) is 5.82 Å². The minimum atomic E-state index is -0.0540. The predicted octanol–water partition coefficient (Wildman–Crippen LogP) is 2.46. The Labute approximate surface area is 104 Å². The van der Waals surface area contributed by atoms with Crippen molar-refractivity contribution in [1.29, 1.82) is 5.26 Å². The van der Waals surface area contributed by atoms with E-state index in [0.717, 1.165) is 25.0 Å². The van der Waals surface area contributed by atoms with E-state index in [1.54, 1.807) is 18.2 Å². The molecule has 0 aliphatic carbocycles. The molecular weight excluding hydrogens is 230 g/mol. The molecule has 0 spiro atoms. The smallest absolute Gasteiger partial charge is 0.258 e. The molecule has 1 saturated heterocycles. The van der Waals surface area contributed by atoms with Gasteiger partial charge in [0.15, 0.2) is 0 Å². The lowest BCUT2D eigenvalue weighted by Crippen LogP contribution is -1.97. The van der Waals surface area contributed by atoms with Gasteiger partial charge in [0, 0.05) is 12.2 Å². The van der Waals surface area contributed by atoms with Gasteiger partial charge in [-0.3, -0.25) is 0 Å². The van der Waals surface area contributed by atoms with E-state index < -0.39 is 0 Å². The van der Waals surface area contributed by atoms with Gasteiger partial charge in [-0.25, -0.2) is 0 Å². The van der Waals surface area contributed by atoms with Gasteiger partial charge in [-0.2, -0.15) is 10.2 Å². The number of rotatable bonds is 2. The molecule has 1 aliphatic rings. The lowest BCUT2D eigenvalue weighted by Gasteiger charge is -2.00. The third-order valence-corrected chi connectivity index (χ3v) is 2.90. The van der Waals surface area contributed by atoms with Crippen LogP contribution in [0.2, 0.25) is 0 Å². The first kappa shape index (κ1) is 10.9. The second-order valence-corrected chi connectivity index (χ2v) is 4.15. The molecule has 0 radical (unpaired) electrons. The fourth-order valence-electron chi connectivity index (χ4n) is 1.99. The fraction of sp³-hybridized carbons (Fsp3) is 0.308. The minimum absolute atomic E-state index is 0.0540. The number of benzene rings is 1. The largest absolute Gasteiger partial charge is 0.370 e. The second kappa shape index (κ2) is 4.59. The first-order chi connectivity index (χ1) is 8.86. The molecule has 5 nitrogen and oxygen atoms in total. The monoisotopic (exact) mass is 241 g/mol. The Morgan fingerprint density at radius 3 is 3.11 bits per heavy atom. The third-order valence-electron chi connectivity index (χ3n) is 2.90. The zero-order valence-corrected chi connectivity index (χ0v) is 9.67.